The molecule has 0 unspecified atom stereocenters. The van der Waals surface area contributed by atoms with Crippen LogP contribution >= 0.6 is 0 Å². The molecule has 3 nitrogen and oxygen atoms in total. The standard InChI is InChI=1S/C10H18N2O/c1-9-4-3-6-12(8-9)7-5-11-10(2)13/h1,3-8H2,2H3,(H,11,13). The molecule has 0 bridgehead atoms. The van der Waals surface area contributed by atoms with E-state index >= 15 is 0 Å². The van der Waals surface area contributed by atoms with E-state index < -0.39 is 0 Å². The lowest BCUT2D eigenvalue weighted by atomic mass is 10.1. The van der Waals surface area contributed by atoms with Gasteiger partial charge in [0.1, 0.15) is 0 Å². The van der Waals surface area contributed by atoms with Crippen LogP contribution in [-0.2, 0) is 4.79 Å². The first-order valence-electron chi connectivity index (χ1n) is 4.82. The van der Waals surface area contributed by atoms with Crippen LogP contribution in [0.15, 0.2) is 12.2 Å². The lowest BCUT2D eigenvalue weighted by Crippen LogP contribution is -2.37. The Morgan fingerprint density at radius 2 is 2.46 bits per heavy atom. The van der Waals surface area contributed by atoms with Crippen LogP contribution in [0.5, 0.6) is 0 Å². The molecule has 74 valence electrons. The summed E-state index contributed by atoms with van der Waals surface area (Å²) in [7, 11) is 0. The molecule has 0 radical (unpaired) electrons. The molecule has 1 fully saturated rings. The summed E-state index contributed by atoms with van der Waals surface area (Å²) < 4.78 is 0. The predicted molar refractivity (Wildman–Crippen MR) is 53.5 cm³/mol. The number of amides is 1. The van der Waals surface area contributed by atoms with Crippen molar-refractivity contribution in [2.75, 3.05) is 26.2 Å². The van der Waals surface area contributed by atoms with Crippen molar-refractivity contribution < 1.29 is 4.79 Å². The van der Waals surface area contributed by atoms with Gasteiger partial charge < -0.3 is 5.32 Å². The molecule has 0 spiro atoms. The molecule has 0 aromatic heterocycles. The average Bonchev–Trinajstić information content (AvgIpc) is 2.03. The number of nitrogens with zero attached hydrogens (tertiary/aromatic N) is 1. The lowest BCUT2D eigenvalue weighted by Gasteiger charge is -2.27. The number of carbonyl (C=O) groups is 1. The summed E-state index contributed by atoms with van der Waals surface area (Å²) in [5.74, 6) is 0.0517. The van der Waals surface area contributed by atoms with Gasteiger partial charge in [0, 0.05) is 26.6 Å². The summed E-state index contributed by atoms with van der Waals surface area (Å²) in [4.78, 5) is 12.9. The number of nitrogens with one attached hydrogen (secondary N) is 1. The van der Waals surface area contributed by atoms with Crippen LogP contribution in [0.3, 0.4) is 0 Å². The number of rotatable bonds is 3. The molecule has 1 amide bonds. The zero-order chi connectivity index (χ0) is 9.68. The Labute approximate surface area is 79.8 Å². The Kier molecular flexibility index (Phi) is 3.96. The Bertz CT molecular complexity index is 201. The molecule has 0 aromatic carbocycles. The third-order valence-electron chi connectivity index (χ3n) is 2.25. The van der Waals surface area contributed by atoms with Gasteiger partial charge in [-0.25, -0.2) is 0 Å². The Hall–Kier alpha value is -0.830. The first kappa shape index (κ1) is 10.3. The highest BCUT2D eigenvalue weighted by Crippen LogP contribution is 2.12. The van der Waals surface area contributed by atoms with Crippen LogP contribution in [0.2, 0.25) is 0 Å². The summed E-state index contributed by atoms with van der Waals surface area (Å²) in [5.41, 5.74) is 1.31. The summed E-state index contributed by atoms with van der Waals surface area (Å²) in [6.45, 7) is 9.36. The molecule has 1 rings (SSSR count). The summed E-state index contributed by atoms with van der Waals surface area (Å²) in [6.07, 6.45) is 2.37. The number of hydrogen-bond acceptors (Lipinski definition) is 2. The molecule has 0 saturated carbocycles. The van der Waals surface area contributed by atoms with Gasteiger partial charge >= 0.3 is 0 Å². The third kappa shape index (κ3) is 4.08. The van der Waals surface area contributed by atoms with Crippen LogP contribution in [0, 0.1) is 0 Å². The van der Waals surface area contributed by atoms with E-state index in [0.29, 0.717) is 0 Å². The van der Waals surface area contributed by atoms with Gasteiger partial charge in [-0.2, -0.15) is 0 Å². The minimum Gasteiger partial charge on any atom is -0.355 e. The van der Waals surface area contributed by atoms with Crippen LogP contribution in [0.4, 0.5) is 0 Å². The van der Waals surface area contributed by atoms with Gasteiger partial charge in [-0.05, 0) is 19.4 Å². The fourth-order valence-corrected chi connectivity index (χ4v) is 1.61. The monoisotopic (exact) mass is 182 g/mol. The van der Waals surface area contributed by atoms with Crippen molar-refractivity contribution in [2.45, 2.75) is 19.8 Å². The molecular weight excluding hydrogens is 164 g/mol. The van der Waals surface area contributed by atoms with Crippen molar-refractivity contribution >= 4 is 5.91 Å². The van der Waals surface area contributed by atoms with Gasteiger partial charge in [0.2, 0.25) is 5.91 Å². The van der Waals surface area contributed by atoms with Crippen molar-refractivity contribution in [3.05, 3.63) is 12.2 Å². The van der Waals surface area contributed by atoms with Crippen LogP contribution in [0.1, 0.15) is 19.8 Å². The van der Waals surface area contributed by atoms with Gasteiger partial charge in [0.15, 0.2) is 0 Å². The minimum atomic E-state index is 0.0517. The van der Waals surface area contributed by atoms with E-state index in [9.17, 15) is 4.79 Å². The van der Waals surface area contributed by atoms with Crippen molar-refractivity contribution in [2.24, 2.45) is 0 Å². The molecule has 1 N–H and O–H groups in total. The van der Waals surface area contributed by atoms with E-state index in [0.717, 1.165) is 32.6 Å². The van der Waals surface area contributed by atoms with Crippen LogP contribution in [-0.4, -0.2) is 37.0 Å². The maximum atomic E-state index is 10.6. The average molecular weight is 182 g/mol. The van der Waals surface area contributed by atoms with E-state index in [-0.39, 0.29) is 5.91 Å². The summed E-state index contributed by atoms with van der Waals surface area (Å²) in [6, 6.07) is 0. The van der Waals surface area contributed by atoms with E-state index in [1.807, 2.05) is 0 Å². The van der Waals surface area contributed by atoms with Crippen LogP contribution < -0.4 is 5.32 Å². The van der Waals surface area contributed by atoms with Gasteiger partial charge in [-0.3, -0.25) is 9.69 Å². The quantitative estimate of drug-likeness (QED) is 0.654. The van der Waals surface area contributed by atoms with Crippen molar-refractivity contribution in [1.29, 1.82) is 0 Å². The molecular formula is C10H18N2O. The highest BCUT2D eigenvalue weighted by Gasteiger charge is 2.11. The lowest BCUT2D eigenvalue weighted by molar-refractivity contribution is -0.119. The highest BCUT2D eigenvalue weighted by molar-refractivity contribution is 5.72. The molecule has 0 atom stereocenters. The number of hydrogen-bond donors (Lipinski definition) is 1. The summed E-state index contributed by atoms with van der Waals surface area (Å²) >= 11 is 0. The van der Waals surface area contributed by atoms with E-state index in [2.05, 4.69) is 16.8 Å². The Balaban J connectivity index is 2.13. The minimum absolute atomic E-state index is 0.0517. The zero-order valence-electron chi connectivity index (χ0n) is 8.31. The molecule has 1 aliphatic heterocycles. The fraction of sp³-hybridized carbons (Fsp3) is 0.700. The van der Waals surface area contributed by atoms with Crippen molar-refractivity contribution in [1.82, 2.24) is 10.2 Å². The normalized spacial score (nSPS) is 18.7. The summed E-state index contributed by atoms with van der Waals surface area (Å²) in [5, 5.41) is 2.80. The maximum absolute atomic E-state index is 10.6. The zero-order valence-corrected chi connectivity index (χ0v) is 8.31. The SMILES string of the molecule is C=C1CCCN(CCNC(C)=O)C1. The Morgan fingerprint density at radius 3 is 3.08 bits per heavy atom. The fourth-order valence-electron chi connectivity index (χ4n) is 1.61. The van der Waals surface area contributed by atoms with Gasteiger partial charge in [-0.1, -0.05) is 12.2 Å². The molecule has 3 heteroatoms. The molecule has 13 heavy (non-hydrogen) atoms. The van der Waals surface area contributed by atoms with E-state index in [1.54, 1.807) is 6.92 Å². The highest BCUT2D eigenvalue weighted by atomic mass is 16.1. The largest absolute Gasteiger partial charge is 0.355 e. The third-order valence-corrected chi connectivity index (χ3v) is 2.25. The smallest absolute Gasteiger partial charge is 0.216 e. The molecule has 0 aliphatic carbocycles. The molecule has 1 saturated heterocycles. The second kappa shape index (κ2) is 5.02. The van der Waals surface area contributed by atoms with Gasteiger partial charge in [0.05, 0.1) is 0 Å². The predicted octanol–water partition coefficient (Wildman–Crippen LogP) is 0.774. The molecule has 1 heterocycles. The topological polar surface area (TPSA) is 32.3 Å². The number of likely N-dealkylation sites (tertiary alicyclic amines) is 1. The Morgan fingerprint density at radius 1 is 1.69 bits per heavy atom. The van der Waals surface area contributed by atoms with Gasteiger partial charge in [-0.15, -0.1) is 0 Å². The maximum Gasteiger partial charge on any atom is 0.216 e. The van der Waals surface area contributed by atoms with E-state index in [1.165, 1.54) is 12.0 Å². The second-order valence-corrected chi connectivity index (χ2v) is 3.61. The first-order valence-corrected chi connectivity index (χ1v) is 4.82. The van der Waals surface area contributed by atoms with E-state index in [4.69, 9.17) is 0 Å². The van der Waals surface area contributed by atoms with Crippen LogP contribution in [0.25, 0.3) is 0 Å². The first-order chi connectivity index (χ1) is 6.18. The second-order valence-electron chi connectivity index (χ2n) is 3.61. The number of piperidine rings is 1. The van der Waals surface area contributed by atoms with Gasteiger partial charge in [0.25, 0.3) is 0 Å². The number of carbonyl (C=O) groups excluding carboxylic acids is 1. The molecule has 0 aromatic rings. The van der Waals surface area contributed by atoms with Crippen molar-refractivity contribution in [3.8, 4) is 0 Å². The molecule has 1 aliphatic rings. The van der Waals surface area contributed by atoms with Crippen molar-refractivity contribution in [3.63, 3.8) is 0 Å².